The Morgan fingerprint density at radius 1 is 1.08 bits per heavy atom. The maximum atomic E-state index is 14.4. The number of nitrogens with one attached hydrogen (secondary N) is 1. The maximum Gasteiger partial charge on any atom is 0.460 e. The van der Waals surface area contributed by atoms with Crippen LogP contribution in [0.25, 0.3) is 0 Å². The molecule has 0 radical (unpaired) electrons. The molecule has 1 aromatic carbocycles. The fourth-order valence-electron chi connectivity index (χ4n) is 2.18. The van der Waals surface area contributed by atoms with E-state index < -0.39 is 47.6 Å². The largest absolute Gasteiger partial charge is 0.467 e. The molecule has 0 aromatic heterocycles. The summed E-state index contributed by atoms with van der Waals surface area (Å²) in [6.07, 6.45) is -7.21. The van der Waals surface area contributed by atoms with Crippen molar-refractivity contribution in [2.24, 2.45) is 0 Å². The SMILES string of the molecule is COC(=O)C(NC=O)C(O)(c1ccccc1)C(F)(F)C(F)(F)C(F)(F)F. The third-order valence-corrected chi connectivity index (χ3v) is 3.53. The Morgan fingerprint density at radius 2 is 1.58 bits per heavy atom. The summed E-state index contributed by atoms with van der Waals surface area (Å²) in [5.74, 6) is -14.9. The molecule has 0 fully saturated rings. The summed E-state index contributed by atoms with van der Waals surface area (Å²) in [7, 11) is 0.591. The summed E-state index contributed by atoms with van der Waals surface area (Å²) in [6.45, 7) is 0. The minimum atomic E-state index is -6.78. The predicted molar refractivity (Wildman–Crippen MR) is 71.3 cm³/mol. The lowest BCUT2D eigenvalue weighted by Gasteiger charge is -2.43. The van der Waals surface area contributed by atoms with Crippen molar-refractivity contribution < 1.29 is 50.2 Å². The number of hydrogen-bond donors (Lipinski definition) is 2. The molecule has 0 saturated carbocycles. The average Bonchev–Trinajstić information content (AvgIpc) is 2.57. The second-order valence-corrected chi connectivity index (χ2v) is 5.02. The van der Waals surface area contributed by atoms with Gasteiger partial charge in [-0.25, -0.2) is 4.79 Å². The van der Waals surface area contributed by atoms with Crippen molar-refractivity contribution in [3.63, 3.8) is 0 Å². The maximum absolute atomic E-state index is 14.4. The van der Waals surface area contributed by atoms with Gasteiger partial charge in [-0.15, -0.1) is 0 Å². The Hall–Kier alpha value is -2.37. The molecule has 2 N–H and O–H groups in total. The molecule has 1 aromatic rings. The van der Waals surface area contributed by atoms with Crippen molar-refractivity contribution in [2.75, 3.05) is 7.11 Å². The zero-order valence-corrected chi connectivity index (χ0v) is 12.9. The molecule has 1 amide bonds. The minimum Gasteiger partial charge on any atom is -0.467 e. The van der Waals surface area contributed by atoms with Gasteiger partial charge in [-0.3, -0.25) is 4.79 Å². The summed E-state index contributed by atoms with van der Waals surface area (Å²) in [5.41, 5.74) is -5.68. The van der Waals surface area contributed by atoms with Crippen molar-refractivity contribution in [3.05, 3.63) is 35.9 Å². The number of halogens is 7. The van der Waals surface area contributed by atoms with Gasteiger partial charge in [0.2, 0.25) is 6.41 Å². The van der Waals surface area contributed by atoms with Crippen molar-refractivity contribution in [2.45, 2.75) is 29.7 Å². The lowest BCUT2D eigenvalue weighted by atomic mass is 9.77. The van der Waals surface area contributed by atoms with Crippen LogP contribution in [0.3, 0.4) is 0 Å². The Bertz CT molecular complexity index is 650. The molecule has 1 rings (SSSR count). The molecule has 0 aliphatic rings. The average molecular weight is 391 g/mol. The molecule has 12 heteroatoms. The van der Waals surface area contributed by atoms with E-state index in [2.05, 4.69) is 4.74 Å². The van der Waals surface area contributed by atoms with Gasteiger partial charge in [0.1, 0.15) is 0 Å². The number of carbonyl (C=O) groups is 2. The highest BCUT2D eigenvalue weighted by atomic mass is 19.4. The Kier molecular flexibility index (Phi) is 5.91. The fourth-order valence-corrected chi connectivity index (χ4v) is 2.18. The Labute approximate surface area is 141 Å². The summed E-state index contributed by atoms with van der Waals surface area (Å²) >= 11 is 0. The van der Waals surface area contributed by atoms with Crippen molar-refractivity contribution in [1.82, 2.24) is 5.32 Å². The van der Waals surface area contributed by atoms with E-state index in [4.69, 9.17) is 0 Å². The molecule has 0 saturated heterocycles. The standard InChI is InChI=1S/C14H12F7NO4/c1-26-10(24)9(22-7-23)11(25,8-5-3-2-4-6-8)12(15,16)13(17,18)14(19,20)21/h2-7,9,25H,1H3,(H,22,23). The third-order valence-electron chi connectivity index (χ3n) is 3.53. The molecule has 0 aliphatic carbocycles. The minimum absolute atomic E-state index is 0.433. The van der Waals surface area contributed by atoms with Gasteiger partial charge >= 0.3 is 24.0 Å². The molecular formula is C14H12F7NO4. The third kappa shape index (κ3) is 3.20. The van der Waals surface area contributed by atoms with Crippen LogP contribution in [0.2, 0.25) is 0 Å². The lowest BCUT2D eigenvalue weighted by Crippen LogP contribution is -2.70. The number of alkyl halides is 7. The number of hydrogen-bond acceptors (Lipinski definition) is 4. The molecule has 2 unspecified atom stereocenters. The second kappa shape index (κ2) is 7.09. The zero-order valence-electron chi connectivity index (χ0n) is 12.9. The molecule has 146 valence electrons. The first kappa shape index (κ1) is 21.7. The topological polar surface area (TPSA) is 75.6 Å². The normalized spacial score (nSPS) is 16.3. The van der Waals surface area contributed by atoms with Crippen molar-refractivity contribution in [3.8, 4) is 0 Å². The van der Waals surface area contributed by atoms with Crippen molar-refractivity contribution >= 4 is 12.4 Å². The van der Waals surface area contributed by atoms with Gasteiger partial charge in [0.15, 0.2) is 11.6 Å². The molecule has 0 bridgehead atoms. The van der Waals surface area contributed by atoms with E-state index in [0.29, 0.717) is 19.2 Å². The highest BCUT2D eigenvalue weighted by Crippen LogP contribution is 2.55. The first-order valence-corrected chi connectivity index (χ1v) is 6.66. The van der Waals surface area contributed by atoms with Crippen LogP contribution in [0.15, 0.2) is 30.3 Å². The van der Waals surface area contributed by atoms with Gasteiger partial charge < -0.3 is 15.2 Å². The highest BCUT2D eigenvalue weighted by molar-refractivity contribution is 5.80. The first-order valence-electron chi connectivity index (χ1n) is 6.66. The van der Waals surface area contributed by atoms with Crippen LogP contribution in [-0.2, 0) is 19.9 Å². The van der Waals surface area contributed by atoms with Crippen LogP contribution in [0.1, 0.15) is 5.56 Å². The smallest absolute Gasteiger partial charge is 0.460 e. The van der Waals surface area contributed by atoms with Gasteiger partial charge in [-0.1, -0.05) is 30.3 Å². The molecule has 5 nitrogen and oxygen atoms in total. The highest BCUT2D eigenvalue weighted by Gasteiger charge is 2.82. The molecule has 0 spiro atoms. The lowest BCUT2D eigenvalue weighted by molar-refractivity contribution is -0.393. The first-order chi connectivity index (χ1) is 11.8. The number of aliphatic hydroxyl groups is 1. The van der Waals surface area contributed by atoms with E-state index in [9.17, 15) is 45.4 Å². The van der Waals surface area contributed by atoms with Gasteiger partial charge in [-0.05, 0) is 5.56 Å². The van der Waals surface area contributed by atoms with Crippen LogP contribution >= 0.6 is 0 Å². The molecule has 26 heavy (non-hydrogen) atoms. The summed E-state index contributed by atoms with van der Waals surface area (Å²) < 4.78 is 97.7. The van der Waals surface area contributed by atoms with Crippen LogP contribution in [0, 0.1) is 0 Å². The molecule has 0 heterocycles. The fraction of sp³-hybridized carbons (Fsp3) is 0.429. The number of rotatable bonds is 7. The van der Waals surface area contributed by atoms with Crippen LogP contribution in [0.4, 0.5) is 30.7 Å². The Morgan fingerprint density at radius 3 is 1.96 bits per heavy atom. The number of esters is 1. The van der Waals surface area contributed by atoms with E-state index in [1.165, 1.54) is 11.4 Å². The number of ether oxygens (including phenoxy) is 1. The number of methoxy groups -OCH3 is 1. The number of carbonyl (C=O) groups excluding carboxylic acids is 2. The second-order valence-electron chi connectivity index (χ2n) is 5.02. The van der Waals surface area contributed by atoms with Crippen LogP contribution in [-0.4, -0.2) is 48.7 Å². The number of benzene rings is 1. The van der Waals surface area contributed by atoms with E-state index >= 15 is 0 Å². The van der Waals surface area contributed by atoms with E-state index in [1.54, 1.807) is 0 Å². The van der Waals surface area contributed by atoms with E-state index in [-0.39, 0.29) is 0 Å². The summed E-state index contributed by atoms with van der Waals surface area (Å²) in [4.78, 5) is 22.3. The van der Waals surface area contributed by atoms with Gasteiger partial charge in [0.05, 0.1) is 7.11 Å². The van der Waals surface area contributed by atoms with Crippen molar-refractivity contribution in [1.29, 1.82) is 0 Å². The van der Waals surface area contributed by atoms with Crippen LogP contribution < -0.4 is 5.32 Å². The van der Waals surface area contributed by atoms with Gasteiger partial charge in [0, 0.05) is 0 Å². The predicted octanol–water partition coefficient (Wildman–Crippen LogP) is 1.99. The van der Waals surface area contributed by atoms with Crippen LogP contribution in [0.5, 0.6) is 0 Å². The summed E-state index contributed by atoms with van der Waals surface area (Å²) in [5, 5.41) is 11.7. The quantitative estimate of drug-likeness (QED) is 0.424. The zero-order chi connectivity index (χ0) is 20.4. The monoisotopic (exact) mass is 391 g/mol. The molecular weight excluding hydrogens is 379 g/mol. The van der Waals surface area contributed by atoms with Gasteiger partial charge in [0.25, 0.3) is 0 Å². The van der Waals surface area contributed by atoms with Gasteiger partial charge in [-0.2, -0.15) is 30.7 Å². The van der Waals surface area contributed by atoms with E-state index in [1.807, 2.05) is 0 Å². The molecule has 0 aliphatic heterocycles. The Balaban J connectivity index is 3.81. The summed E-state index contributed by atoms with van der Waals surface area (Å²) in [6, 6.07) is 1.26. The number of amides is 1. The molecule has 2 atom stereocenters. The van der Waals surface area contributed by atoms with E-state index in [0.717, 1.165) is 12.1 Å².